The van der Waals surface area contributed by atoms with Crippen LogP contribution in [0.4, 0.5) is 13.2 Å². The highest BCUT2D eigenvalue weighted by Crippen LogP contribution is 2.19. The SMILES string of the molecule is CC(Sc1nnnn1C)C(=O)NCC(F)(F)F. The second-order valence-corrected chi connectivity index (χ2v) is 4.49. The minimum Gasteiger partial charge on any atom is -0.346 e. The van der Waals surface area contributed by atoms with Crippen molar-refractivity contribution in [3.05, 3.63) is 0 Å². The van der Waals surface area contributed by atoms with Gasteiger partial charge in [0.05, 0.1) is 5.25 Å². The van der Waals surface area contributed by atoms with Crippen LogP contribution in [0.5, 0.6) is 0 Å². The predicted molar refractivity (Wildman–Crippen MR) is 53.2 cm³/mol. The maximum atomic E-state index is 11.9. The van der Waals surface area contributed by atoms with Gasteiger partial charge in [0.1, 0.15) is 6.54 Å². The molecule has 1 N–H and O–H groups in total. The molecule has 0 spiro atoms. The van der Waals surface area contributed by atoms with Crippen LogP contribution in [0.25, 0.3) is 0 Å². The smallest absolute Gasteiger partial charge is 0.346 e. The largest absolute Gasteiger partial charge is 0.405 e. The maximum Gasteiger partial charge on any atom is 0.405 e. The Morgan fingerprint density at radius 1 is 1.59 bits per heavy atom. The summed E-state index contributed by atoms with van der Waals surface area (Å²) in [6.07, 6.45) is -4.41. The van der Waals surface area contributed by atoms with E-state index in [2.05, 4.69) is 15.5 Å². The van der Waals surface area contributed by atoms with Crippen molar-refractivity contribution in [1.29, 1.82) is 0 Å². The Kier molecular flexibility index (Phi) is 4.32. The average molecular weight is 269 g/mol. The standard InChI is InChI=1S/C7H10F3N5OS/c1-4(5(16)11-3-7(8,9)10)17-6-12-13-14-15(6)2/h4H,3H2,1-2H3,(H,11,16). The number of hydrogen-bond donors (Lipinski definition) is 1. The molecule has 0 aliphatic carbocycles. The van der Waals surface area contributed by atoms with Crippen molar-refractivity contribution in [2.24, 2.45) is 7.05 Å². The first kappa shape index (κ1) is 13.7. The summed E-state index contributed by atoms with van der Waals surface area (Å²) in [6.45, 7) is 0.138. The first-order valence-electron chi connectivity index (χ1n) is 4.53. The third-order valence-corrected chi connectivity index (χ3v) is 2.82. The fourth-order valence-electron chi connectivity index (χ4n) is 0.864. The summed E-state index contributed by atoms with van der Waals surface area (Å²) in [5.41, 5.74) is 0. The van der Waals surface area contributed by atoms with E-state index < -0.39 is 23.9 Å². The first-order valence-corrected chi connectivity index (χ1v) is 5.41. The molecule has 0 aliphatic rings. The van der Waals surface area contributed by atoms with Gasteiger partial charge in [0.15, 0.2) is 0 Å². The monoisotopic (exact) mass is 269 g/mol. The number of tetrazole rings is 1. The van der Waals surface area contributed by atoms with E-state index in [0.29, 0.717) is 5.16 Å². The van der Waals surface area contributed by atoms with Crippen molar-refractivity contribution >= 4 is 17.7 Å². The Morgan fingerprint density at radius 2 is 2.24 bits per heavy atom. The Morgan fingerprint density at radius 3 is 2.71 bits per heavy atom. The lowest BCUT2D eigenvalue weighted by Crippen LogP contribution is -2.38. The molecule has 1 heterocycles. The third kappa shape index (κ3) is 4.59. The van der Waals surface area contributed by atoms with Gasteiger partial charge in [-0.2, -0.15) is 13.2 Å². The Balaban J connectivity index is 2.45. The van der Waals surface area contributed by atoms with Crippen LogP contribution in [0.3, 0.4) is 0 Å². The molecule has 96 valence electrons. The molecule has 0 aliphatic heterocycles. The van der Waals surface area contributed by atoms with Gasteiger partial charge in [-0.25, -0.2) is 4.68 Å². The molecule has 1 rings (SSSR count). The number of hydrogen-bond acceptors (Lipinski definition) is 5. The summed E-state index contributed by atoms with van der Waals surface area (Å²) in [7, 11) is 1.57. The summed E-state index contributed by atoms with van der Waals surface area (Å²) in [4.78, 5) is 11.3. The van der Waals surface area contributed by atoms with Crippen LogP contribution in [-0.2, 0) is 11.8 Å². The van der Waals surface area contributed by atoms with Crippen molar-refractivity contribution in [3.63, 3.8) is 0 Å². The van der Waals surface area contributed by atoms with Gasteiger partial charge in [0.2, 0.25) is 11.1 Å². The molecule has 0 saturated heterocycles. The van der Waals surface area contributed by atoms with E-state index in [1.807, 2.05) is 0 Å². The fourth-order valence-corrected chi connectivity index (χ4v) is 1.64. The number of carbonyl (C=O) groups is 1. The second kappa shape index (κ2) is 5.34. The van der Waals surface area contributed by atoms with Gasteiger partial charge in [0, 0.05) is 7.05 Å². The van der Waals surface area contributed by atoms with Crippen LogP contribution in [0, 0.1) is 0 Å². The number of rotatable bonds is 4. The van der Waals surface area contributed by atoms with Crippen molar-refractivity contribution in [2.75, 3.05) is 6.54 Å². The lowest BCUT2D eigenvalue weighted by atomic mass is 10.4. The van der Waals surface area contributed by atoms with Crippen LogP contribution in [0.2, 0.25) is 0 Å². The van der Waals surface area contributed by atoms with Crippen LogP contribution in [0.15, 0.2) is 5.16 Å². The Hall–Kier alpha value is -1.32. The minimum absolute atomic E-state index is 0.361. The fraction of sp³-hybridized carbons (Fsp3) is 0.714. The van der Waals surface area contributed by atoms with Crippen molar-refractivity contribution in [2.45, 2.75) is 23.5 Å². The number of halogens is 3. The summed E-state index contributed by atoms with van der Waals surface area (Å²) in [6, 6.07) is 0. The zero-order valence-electron chi connectivity index (χ0n) is 9.02. The molecule has 0 fully saturated rings. The summed E-state index contributed by atoms with van der Waals surface area (Å²) < 4.78 is 36.9. The molecule has 0 saturated carbocycles. The van der Waals surface area contributed by atoms with E-state index in [4.69, 9.17) is 0 Å². The highest BCUT2D eigenvalue weighted by molar-refractivity contribution is 8.00. The first-order chi connectivity index (χ1) is 7.79. The molecule has 6 nitrogen and oxygen atoms in total. The van der Waals surface area contributed by atoms with Crippen molar-refractivity contribution < 1.29 is 18.0 Å². The molecule has 0 aromatic carbocycles. The highest BCUT2D eigenvalue weighted by Gasteiger charge is 2.29. The number of nitrogens with zero attached hydrogens (tertiary/aromatic N) is 4. The predicted octanol–water partition coefficient (Wildman–Crippen LogP) is 0.369. The summed E-state index contributed by atoms with van der Waals surface area (Å²) in [5.74, 6) is -0.713. The second-order valence-electron chi connectivity index (χ2n) is 3.18. The lowest BCUT2D eigenvalue weighted by molar-refractivity contribution is -0.137. The molecule has 1 atom stereocenters. The number of thioether (sulfide) groups is 1. The number of amides is 1. The van der Waals surface area contributed by atoms with Crippen LogP contribution in [-0.4, -0.2) is 44.1 Å². The molecule has 1 amide bonds. The van der Waals surface area contributed by atoms with E-state index in [1.54, 1.807) is 12.4 Å². The van der Waals surface area contributed by atoms with Gasteiger partial charge in [0.25, 0.3) is 0 Å². The van der Waals surface area contributed by atoms with Gasteiger partial charge in [-0.05, 0) is 17.4 Å². The van der Waals surface area contributed by atoms with Crippen LogP contribution < -0.4 is 5.32 Å². The molecule has 10 heteroatoms. The Bertz CT molecular complexity index is 393. The van der Waals surface area contributed by atoms with Crippen LogP contribution in [0.1, 0.15) is 6.92 Å². The van der Waals surface area contributed by atoms with Gasteiger partial charge in [-0.3, -0.25) is 4.79 Å². The van der Waals surface area contributed by atoms with Crippen molar-refractivity contribution in [1.82, 2.24) is 25.5 Å². The van der Waals surface area contributed by atoms with E-state index in [1.165, 1.54) is 11.6 Å². The van der Waals surface area contributed by atoms with Gasteiger partial charge in [-0.15, -0.1) is 5.10 Å². The van der Waals surface area contributed by atoms with E-state index in [0.717, 1.165) is 11.8 Å². The number of aryl methyl sites for hydroxylation is 1. The molecule has 1 unspecified atom stereocenters. The average Bonchev–Trinajstić information content (AvgIpc) is 2.59. The summed E-state index contributed by atoms with van der Waals surface area (Å²) >= 11 is 0.983. The summed E-state index contributed by atoms with van der Waals surface area (Å²) in [5, 5.41) is 11.9. The molecular weight excluding hydrogens is 259 g/mol. The molecular formula is C7H10F3N5OS. The number of alkyl halides is 3. The minimum atomic E-state index is -4.41. The number of nitrogens with one attached hydrogen (secondary N) is 1. The maximum absolute atomic E-state index is 11.9. The van der Waals surface area contributed by atoms with E-state index in [-0.39, 0.29) is 0 Å². The molecule has 1 aromatic heterocycles. The van der Waals surface area contributed by atoms with Gasteiger partial charge in [-0.1, -0.05) is 11.8 Å². The van der Waals surface area contributed by atoms with Gasteiger partial charge >= 0.3 is 6.18 Å². The molecule has 17 heavy (non-hydrogen) atoms. The zero-order chi connectivity index (χ0) is 13.1. The molecule has 1 aromatic rings. The van der Waals surface area contributed by atoms with Crippen LogP contribution >= 0.6 is 11.8 Å². The number of carbonyl (C=O) groups excluding carboxylic acids is 1. The topological polar surface area (TPSA) is 72.7 Å². The van der Waals surface area contributed by atoms with Crippen molar-refractivity contribution in [3.8, 4) is 0 Å². The van der Waals surface area contributed by atoms with Gasteiger partial charge < -0.3 is 5.32 Å². The van der Waals surface area contributed by atoms with E-state index in [9.17, 15) is 18.0 Å². The third-order valence-electron chi connectivity index (χ3n) is 1.70. The number of aromatic nitrogens is 4. The normalized spacial score (nSPS) is 13.5. The molecule has 0 bridgehead atoms. The molecule has 0 radical (unpaired) electrons. The lowest BCUT2D eigenvalue weighted by Gasteiger charge is -2.12. The van der Waals surface area contributed by atoms with E-state index >= 15 is 0 Å². The Labute approximate surface area is 98.9 Å². The highest BCUT2D eigenvalue weighted by atomic mass is 32.2. The zero-order valence-corrected chi connectivity index (χ0v) is 9.84. The quantitative estimate of drug-likeness (QED) is 0.799.